The standard InChI is InChI=1S/2C33H43N3.CH2Cl2.6CO.2ClH.2Re/c2*1-20(2)26-14-11-15-27(21(3)4)32(26)34-24(9)30-18-13-19-31(36-30)25(10)35-33-28(22(5)6)16-12-17-29(33)23(7)8;2-1-3;6*1-2;;;;/h2*11-23H,1-10H3;1H2;;;;;;;2*1H;;/p-2. The van der Waals surface area contributed by atoms with Crippen LogP contribution < -0.4 is 24.8 Å². The molecule has 6 rings (SSSR count). The van der Waals surface area contributed by atoms with Crippen LogP contribution in [0.3, 0.4) is 0 Å². The molecule has 0 N–H and O–H groups in total. The molecule has 91 heavy (non-hydrogen) atoms. The Morgan fingerprint density at radius 2 is 0.407 bits per heavy atom. The van der Waals surface area contributed by atoms with Crippen LogP contribution in [-0.4, -0.2) is 38.2 Å². The van der Waals surface area contributed by atoms with Crippen molar-refractivity contribution in [2.45, 2.75) is 186 Å². The molecule has 0 aliphatic heterocycles. The summed E-state index contributed by atoms with van der Waals surface area (Å²) in [5, 5.41) is 0.194. The molecule has 0 amide bonds. The van der Waals surface area contributed by atoms with Crippen molar-refractivity contribution >= 4 is 68.8 Å². The number of halogens is 4. The number of pyridine rings is 2. The fraction of sp³-hybridized carbons (Fsp3) is 0.397. The van der Waals surface area contributed by atoms with E-state index in [0.717, 1.165) is 68.4 Å². The average molecular weight is 1660 g/mol. The molecular formula is C73H88Cl4N6O6Re2-2. The minimum atomic E-state index is 0. The van der Waals surface area contributed by atoms with Crippen LogP contribution in [-0.2, 0) is 68.8 Å². The van der Waals surface area contributed by atoms with Gasteiger partial charge in [-0.05, 0) is 144 Å². The normalized spacial score (nSPS) is 10.6. The number of para-hydroxylation sites is 4. The molecular weight excluding hydrogens is 1570 g/mol. The minimum absolute atomic E-state index is 0. The van der Waals surface area contributed by atoms with Gasteiger partial charge in [0.25, 0.3) is 0 Å². The number of hydrogen-bond acceptors (Lipinski definition) is 6. The number of hydrogen-bond donors (Lipinski definition) is 0. The van der Waals surface area contributed by atoms with Crippen molar-refractivity contribution in [2.24, 2.45) is 20.0 Å². The van der Waals surface area contributed by atoms with Crippen molar-refractivity contribution in [1.82, 2.24) is 9.97 Å². The van der Waals surface area contributed by atoms with Crippen molar-refractivity contribution in [3.05, 3.63) is 216 Å². The van der Waals surface area contributed by atoms with Crippen LogP contribution in [0.5, 0.6) is 0 Å². The first-order chi connectivity index (χ1) is 41.4. The number of rotatable bonds is 16. The van der Waals surface area contributed by atoms with Gasteiger partial charge in [0, 0.05) is 40.8 Å². The summed E-state index contributed by atoms with van der Waals surface area (Å²) in [7, 11) is 0. The molecule has 0 aliphatic rings. The number of benzene rings is 4. The number of aliphatic imine (C=N–C) groups is 4. The van der Waals surface area contributed by atoms with Gasteiger partial charge in [0.2, 0.25) is 0 Å². The molecule has 18 heteroatoms. The molecule has 0 saturated carbocycles. The Kier molecular flexibility index (Phi) is 60.3. The maximum atomic E-state index is 7.50. The molecule has 490 valence electrons. The second-order valence-corrected chi connectivity index (χ2v) is 22.9. The number of aromatic nitrogens is 2. The van der Waals surface area contributed by atoms with E-state index in [1.807, 2.05) is 24.3 Å². The van der Waals surface area contributed by atoms with Gasteiger partial charge >= 0.3 is 67.8 Å². The van der Waals surface area contributed by atoms with Crippen LogP contribution in [0, 0.1) is 39.9 Å². The van der Waals surface area contributed by atoms with Crippen molar-refractivity contribution in [3.8, 4) is 0 Å². The molecule has 6 aromatic rings. The fourth-order valence-corrected chi connectivity index (χ4v) is 9.14. The summed E-state index contributed by atoms with van der Waals surface area (Å²) in [5.41, 5.74) is 21.8. The summed E-state index contributed by atoms with van der Waals surface area (Å²) in [5.74, 6) is 3.22. The van der Waals surface area contributed by atoms with E-state index in [-0.39, 0.29) is 71.0 Å². The molecule has 0 aliphatic carbocycles. The zero-order valence-electron chi connectivity index (χ0n) is 56.1. The first kappa shape index (κ1) is 99.3. The van der Waals surface area contributed by atoms with Crippen LogP contribution in [0.2, 0.25) is 0 Å². The van der Waals surface area contributed by atoms with Crippen LogP contribution in [0.1, 0.15) is 253 Å². The molecule has 2 heterocycles. The fourth-order valence-electron chi connectivity index (χ4n) is 9.14. The third kappa shape index (κ3) is 32.0. The first-order valence-electron chi connectivity index (χ1n) is 28.5. The van der Waals surface area contributed by atoms with Gasteiger partial charge in [-0.1, -0.05) is 196 Å². The Bertz CT molecular complexity index is 2770. The summed E-state index contributed by atoms with van der Waals surface area (Å²) in [4.78, 5) is 30.6. The molecule has 0 saturated heterocycles. The molecule has 0 bridgehead atoms. The summed E-state index contributed by atoms with van der Waals surface area (Å²) in [6.07, 6.45) is 0. The predicted molar refractivity (Wildman–Crippen MR) is 355 cm³/mol. The molecule has 0 unspecified atom stereocenters. The van der Waals surface area contributed by atoms with Crippen molar-refractivity contribution in [1.29, 1.82) is 0 Å². The van der Waals surface area contributed by atoms with Crippen LogP contribution >= 0.6 is 23.2 Å². The Morgan fingerprint density at radius 3 is 0.516 bits per heavy atom. The van der Waals surface area contributed by atoms with Gasteiger partial charge in [-0.3, -0.25) is 20.0 Å². The van der Waals surface area contributed by atoms with Crippen LogP contribution in [0.25, 0.3) is 0 Å². The van der Waals surface area contributed by atoms with E-state index < -0.39 is 0 Å². The monoisotopic (exact) mass is 1660 g/mol. The molecule has 4 aromatic carbocycles. The summed E-state index contributed by atoms with van der Waals surface area (Å²) >= 11 is 9.53. The van der Waals surface area contributed by atoms with Crippen LogP contribution in [0.15, 0.2) is 129 Å². The third-order valence-corrected chi connectivity index (χ3v) is 13.5. The second-order valence-electron chi connectivity index (χ2n) is 22.1. The average Bonchev–Trinajstić information content (AvgIpc) is 1.62. The van der Waals surface area contributed by atoms with Gasteiger partial charge < -0.3 is 24.8 Å². The zero-order valence-corrected chi connectivity index (χ0v) is 64.6. The van der Waals surface area contributed by atoms with E-state index >= 15 is 0 Å². The minimum Gasteiger partial charge on any atom is -1.00 e. The SMILES string of the molecule is CC(=Nc1c(C(C)C)cccc1C(C)C)c1cccc(C(C)=Nc2c(C(C)C)cccc2C(C)C)n1.CC(=Nc1c(C(C)C)cccc1C(C)C)c1cccc(C(C)=Nc2c(C(C)C)cccc2C(C)C)n1.ClCCl.[C-]#[O+].[C-]#[O+].[C-]#[O+].[C-]#[O+].[C-]#[O+].[C-]#[O+].[Cl-].[Cl-].[Re].[Re]. The predicted octanol–water partition coefficient (Wildman–Crippen LogP) is 14.9. The Morgan fingerprint density at radius 1 is 0.297 bits per heavy atom. The van der Waals surface area contributed by atoms with E-state index in [0.29, 0.717) is 47.3 Å². The molecule has 2 radical (unpaired) electrons. The Labute approximate surface area is 595 Å². The largest absolute Gasteiger partial charge is 1.00 e. The number of alkyl halides is 2. The van der Waals surface area contributed by atoms with E-state index in [1.165, 1.54) is 44.5 Å². The van der Waals surface area contributed by atoms with Gasteiger partial charge in [0.05, 0.1) is 73.7 Å². The van der Waals surface area contributed by atoms with E-state index in [1.54, 1.807) is 0 Å². The van der Waals surface area contributed by atoms with Crippen molar-refractivity contribution in [3.63, 3.8) is 0 Å². The van der Waals surface area contributed by atoms with Crippen molar-refractivity contribution < 1.29 is 93.6 Å². The Hall–Kier alpha value is -5.22. The van der Waals surface area contributed by atoms with Gasteiger partial charge in [0.1, 0.15) is 0 Å². The van der Waals surface area contributed by atoms with Crippen LogP contribution in [0.4, 0.5) is 22.7 Å². The maximum absolute atomic E-state index is 7.50. The first-order valence-corrected chi connectivity index (χ1v) is 29.5. The Balaban J connectivity index is -0.000000247. The topological polar surface area (TPSA) is 195 Å². The summed E-state index contributed by atoms with van der Waals surface area (Å²) in [6, 6.07) is 38.5. The molecule has 12 nitrogen and oxygen atoms in total. The second kappa shape index (κ2) is 55.3. The van der Waals surface area contributed by atoms with E-state index in [2.05, 4.69) is 263 Å². The quantitative estimate of drug-likeness (QED) is 0.0403. The van der Waals surface area contributed by atoms with Gasteiger partial charge in [-0.25, -0.2) is 9.97 Å². The number of nitrogens with zero attached hydrogens (tertiary/aromatic N) is 6. The molecule has 0 fully saturated rings. The van der Waals surface area contributed by atoms with E-state index in [4.69, 9.17) is 81.1 Å². The third-order valence-electron chi connectivity index (χ3n) is 13.5. The molecule has 2 aromatic heterocycles. The molecule has 0 atom stereocenters. The smallest absolute Gasteiger partial charge is 0 e. The van der Waals surface area contributed by atoms with Gasteiger partial charge in [0.15, 0.2) is 0 Å². The summed E-state index contributed by atoms with van der Waals surface area (Å²) < 4.78 is 45.0. The summed E-state index contributed by atoms with van der Waals surface area (Å²) in [6.45, 7) is 70.9. The zero-order chi connectivity index (χ0) is 67.8. The van der Waals surface area contributed by atoms with E-state index in [9.17, 15) is 0 Å². The molecule has 0 spiro atoms. The maximum Gasteiger partial charge on any atom is 0 e. The van der Waals surface area contributed by atoms with Gasteiger partial charge in [-0.2, -0.15) is 0 Å². The van der Waals surface area contributed by atoms with Gasteiger partial charge in [-0.15, -0.1) is 23.2 Å². The van der Waals surface area contributed by atoms with Crippen molar-refractivity contribution in [2.75, 3.05) is 5.34 Å².